The number of amides is 1. The molecule has 0 saturated carbocycles. The van der Waals surface area contributed by atoms with Crippen molar-refractivity contribution in [1.29, 1.82) is 0 Å². The molecule has 0 unspecified atom stereocenters. The van der Waals surface area contributed by atoms with Crippen LogP contribution in [0, 0.1) is 0 Å². The number of nitrogens with one attached hydrogen (secondary N) is 1. The molecule has 2 aromatic rings. The fourth-order valence-electron chi connectivity index (χ4n) is 3.19. The largest absolute Gasteiger partial charge is 0.297 e. The van der Waals surface area contributed by atoms with Crippen molar-refractivity contribution >= 4 is 28.1 Å². The van der Waals surface area contributed by atoms with Crippen LogP contribution in [0.3, 0.4) is 0 Å². The fraction of sp³-hybridized carbons (Fsp3) is 0.227. The minimum absolute atomic E-state index is 0.187. The molecule has 1 heterocycles. The minimum atomic E-state index is -3.61. The molecule has 1 aliphatic heterocycles. The third-order valence-electron chi connectivity index (χ3n) is 4.84. The summed E-state index contributed by atoms with van der Waals surface area (Å²) in [5.41, 5.74) is 3.20. The van der Waals surface area contributed by atoms with Gasteiger partial charge in [0.1, 0.15) is 0 Å². The second-order valence-electron chi connectivity index (χ2n) is 6.90. The Balaban J connectivity index is 1.58. The molecule has 0 bridgehead atoms. The van der Waals surface area contributed by atoms with E-state index < -0.39 is 15.9 Å². The van der Waals surface area contributed by atoms with Crippen molar-refractivity contribution in [3.8, 4) is 0 Å². The SMILES string of the molecule is O=C(C=Cc1cccc(S(=O)(=O)N2CCN(CC=Cc3ccccc3)CC2)c1)NO. The number of rotatable bonds is 7. The number of hydrogen-bond donors (Lipinski definition) is 2. The van der Waals surface area contributed by atoms with Gasteiger partial charge < -0.3 is 0 Å². The summed E-state index contributed by atoms with van der Waals surface area (Å²) < 4.78 is 27.5. The Bertz CT molecular complexity index is 1010. The van der Waals surface area contributed by atoms with E-state index in [-0.39, 0.29) is 4.90 Å². The Morgan fingerprint density at radius 3 is 2.37 bits per heavy atom. The molecule has 8 heteroatoms. The minimum Gasteiger partial charge on any atom is -0.297 e. The van der Waals surface area contributed by atoms with E-state index in [1.165, 1.54) is 21.9 Å². The van der Waals surface area contributed by atoms with Crippen LogP contribution in [0.4, 0.5) is 0 Å². The molecule has 158 valence electrons. The number of sulfonamides is 1. The fourth-order valence-corrected chi connectivity index (χ4v) is 4.67. The molecule has 0 spiro atoms. The molecule has 30 heavy (non-hydrogen) atoms. The molecule has 3 rings (SSSR count). The Morgan fingerprint density at radius 2 is 1.67 bits per heavy atom. The van der Waals surface area contributed by atoms with Crippen LogP contribution < -0.4 is 5.48 Å². The van der Waals surface area contributed by atoms with Crippen molar-refractivity contribution in [3.05, 3.63) is 77.9 Å². The van der Waals surface area contributed by atoms with Gasteiger partial charge in [-0.2, -0.15) is 4.31 Å². The van der Waals surface area contributed by atoms with Gasteiger partial charge in [0.25, 0.3) is 5.91 Å². The van der Waals surface area contributed by atoms with E-state index in [1.807, 2.05) is 30.3 Å². The highest BCUT2D eigenvalue weighted by molar-refractivity contribution is 7.89. The summed E-state index contributed by atoms with van der Waals surface area (Å²) in [6, 6.07) is 16.4. The molecule has 1 saturated heterocycles. The van der Waals surface area contributed by atoms with E-state index in [9.17, 15) is 13.2 Å². The van der Waals surface area contributed by atoms with Crippen molar-refractivity contribution in [2.45, 2.75) is 4.90 Å². The molecule has 0 aromatic heterocycles. The van der Waals surface area contributed by atoms with Gasteiger partial charge in [0.15, 0.2) is 0 Å². The Hall–Kier alpha value is -2.78. The summed E-state index contributed by atoms with van der Waals surface area (Å²) in [4.78, 5) is 13.5. The molecule has 0 radical (unpaired) electrons. The number of hydrogen-bond acceptors (Lipinski definition) is 5. The van der Waals surface area contributed by atoms with E-state index in [4.69, 9.17) is 5.21 Å². The molecule has 0 atom stereocenters. The Kier molecular flexibility index (Phi) is 7.53. The summed E-state index contributed by atoms with van der Waals surface area (Å²) in [6.07, 6.45) is 6.74. The topological polar surface area (TPSA) is 90.0 Å². The van der Waals surface area contributed by atoms with Gasteiger partial charge in [-0.1, -0.05) is 54.6 Å². The molecule has 0 aliphatic carbocycles. The number of carbonyl (C=O) groups excluding carboxylic acids is 1. The lowest BCUT2D eigenvalue weighted by atomic mass is 10.2. The smallest absolute Gasteiger partial charge is 0.267 e. The highest BCUT2D eigenvalue weighted by Gasteiger charge is 2.28. The van der Waals surface area contributed by atoms with Gasteiger partial charge in [-0.25, -0.2) is 13.9 Å². The van der Waals surface area contributed by atoms with E-state index in [0.717, 1.165) is 18.2 Å². The molecule has 2 aromatic carbocycles. The van der Waals surface area contributed by atoms with E-state index >= 15 is 0 Å². The molecular weight excluding hydrogens is 402 g/mol. The van der Waals surface area contributed by atoms with E-state index in [1.54, 1.807) is 18.2 Å². The van der Waals surface area contributed by atoms with Gasteiger partial charge in [0.2, 0.25) is 10.0 Å². The quantitative estimate of drug-likeness (QED) is 0.402. The van der Waals surface area contributed by atoms with Crippen molar-refractivity contribution in [2.75, 3.05) is 32.7 Å². The van der Waals surface area contributed by atoms with Crippen LogP contribution in [-0.2, 0) is 14.8 Å². The normalized spacial score (nSPS) is 16.3. The number of piperazine rings is 1. The van der Waals surface area contributed by atoms with Crippen molar-refractivity contribution < 1.29 is 18.4 Å². The zero-order valence-electron chi connectivity index (χ0n) is 16.5. The maximum absolute atomic E-state index is 13.0. The summed E-state index contributed by atoms with van der Waals surface area (Å²) >= 11 is 0. The predicted molar refractivity (Wildman–Crippen MR) is 116 cm³/mol. The molecule has 7 nitrogen and oxygen atoms in total. The van der Waals surface area contributed by atoms with Gasteiger partial charge in [-0.15, -0.1) is 0 Å². The van der Waals surface area contributed by atoms with Crippen LogP contribution in [-0.4, -0.2) is 61.5 Å². The van der Waals surface area contributed by atoms with Gasteiger partial charge in [-0.3, -0.25) is 14.9 Å². The van der Waals surface area contributed by atoms with Crippen LogP contribution >= 0.6 is 0 Å². The highest BCUT2D eigenvalue weighted by atomic mass is 32.2. The molecule has 1 aliphatic rings. The lowest BCUT2D eigenvalue weighted by molar-refractivity contribution is -0.124. The first kappa shape index (κ1) is 21.9. The third-order valence-corrected chi connectivity index (χ3v) is 6.73. The van der Waals surface area contributed by atoms with Crippen LogP contribution in [0.1, 0.15) is 11.1 Å². The monoisotopic (exact) mass is 427 g/mol. The molecule has 1 amide bonds. The Labute approximate surface area is 176 Å². The zero-order chi connectivity index (χ0) is 21.4. The first-order valence-electron chi connectivity index (χ1n) is 9.65. The second kappa shape index (κ2) is 10.3. The van der Waals surface area contributed by atoms with E-state index in [2.05, 4.69) is 17.1 Å². The summed E-state index contributed by atoms with van der Waals surface area (Å²) in [5.74, 6) is -0.680. The number of hydroxylamine groups is 1. The first-order chi connectivity index (χ1) is 14.5. The summed E-state index contributed by atoms with van der Waals surface area (Å²) in [7, 11) is -3.61. The average molecular weight is 428 g/mol. The van der Waals surface area contributed by atoms with Crippen LogP contribution in [0.2, 0.25) is 0 Å². The first-order valence-corrected chi connectivity index (χ1v) is 11.1. The number of carbonyl (C=O) groups is 1. The van der Waals surface area contributed by atoms with Gasteiger partial charge in [0.05, 0.1) is 4.90 Å². The van der Waals surface area contributed by atoms with E-state index in [0.29, 0.717) is 31.7 Å². The highest BCUT2D eigenvalue weighted by Crippen LogP contribution is 2.19. The average Bonchev–Trinajstić information content (AvgIpc) is 2.78. The number of nitrogens with zero attached hydrogens (tertiary/aromatic N) is 2. The third kappa shape index (κ3) is 5.87. The maximum Gasteiger partial charge on any atom is 0.267 e. The standard InChI is InChI=1S/C22H25N3O4S/c26-22(23-27)12-11-20-8-4-10-21(18-20)30(28,29)25-16-14-24(15-17-25)13-5-9-19-6-2-1-3-7-19/h1-12,18,27H,13-17H2,(H,23,26). The second-order valence-corrected chi connectivity index (χ2v) is 8.84. The summed E-state index contributed by atoms with van der Waals surface area (Å²) in [5, 5.41) is 8.54. The zero-order valence-corrected chi connectivity index (χ0v) is 17.3. The number of benzene rings is 2. The van der Waals surface area contributed by atoms with Crippen molar-refractivity contribution in [3.63, 3.8) is 0 Å². The maximum atomic E-state index is 13.0. The van der Waals surface area contributed by atoms with Crippen LogP contribution in [0.15, 0.2) is 71.6 Å². The summed E-state index contributed by atoms with van der Waals surface area (Å²) in [6.45, 7) is 2.95. The molecule has 2 N–H and O–H groups in total. The van der Waals surface area contributed by atoms with Crippen molar-refractivity contribution in [2.24, 2.45) is 0 Å². The van der Waals surface area contributed by atoms with Gasteiger partial charge >= 0.3 is 0 Å². The van der Waals surface area contributed by atoms with Crippen LogP contribution in [0.25, 0.3) is 12.2 Å². The molecule has 1 fully saturated rings. The Morgan fingerprint density at radius 1 is 0.967 bits per heavy atom. The lowest BCUT2D eigenvalue weighted by Gasteiger charge is -2.33. The van der Waals surface area contributed by atoms with Crippen LogP contribution in [0.5, 0.6) is 0 Å². The molecular formula is C22H25N3O4S. The van der Waals surface area contributed by atoms with Crippen molar-refractivity contribution in [1.82, 2.24) is 14.7 Å². The predicted octanol–water partition coefficient (Wildman–Crippen LogP) is 2.22. The van der Waals surface area contributed by atoms with Gasteiger partial charge in [-0.05, 0) is 29.3 Å². The van der Waals surface area contributed by atoms with Gasteiger partial charge in [0, 0.05) is 38.8 Å². The lowest BCUT2D eigenvalue weighted by Crippen LogP contribution is -2.48.